The number of morpholine rings is 1. The molecule has 0 unspecified atom stereocenters. The number of aliphatic hydroxyl groups excluding tert-OH is 1. The van der Waals surface area contributed by atoms with Gasteiger partial charge in [-0.2, -0.15) is 0 Å². The molecule has 0 aliphatic carbocycles. The predicted molar refractivity (Wildman–Crippen MR) is 89.9 cm³/mol. The fourth-order valence-electron chi connectivity index (χ4n) is 2.42. The molecule has 10 nitrogen and oxygen atoms in total. The van der Waals surface area contributed by atoms with E-state index >= 15 is 0 Å². The molecule has 1 saturated heterocycles. The first-order valence-electron chi connectivity index (χ1n) is 7.85. The van der Waals surface area contributed by atoms with Gasteiger partial charge in [0.25, 0.3) is 5.69 Å². The summed E-state index contributed by atoms with van der Waals surface area (Å²) in [6.45, 7) is 3.19. The number of aliphatic hydroxyl groups is 1. The van der Waals surface area contributed by atoms with Crippen LogP contribution in [0, 0.1) is 10.1 Å². The standard InChI is InChI=1S/C15H22N4O6/c1-24-12-2-3-13(14(8-12)19(22)23)17-15(21)16-9-11(20)10-18-4-6-25-7-5-18/h2-3,8,11,20H,4-7,9-10H2,1H3,(H2,16,17,21)/t11-/m0/s1. The van der Waals surface area contributed by atoms with Gasteiger partial charge in [0.1, 0.15) is 11.4 Å². The zero-order chi connectivity index (χ0) is 18.2. The van der Waals surface area contributed by atoms with E-state index in [1.807, 2.05) is 4.90 Å². The second-order valence-corrected chi connectivity index (χ2v) is 5.54. The van der Waals surface area contributed by atoms with Gasteiger partial charge in [0.15, 0.2) is 0 Å². The number of ether oxygens (including phenoxy) is 2. The number of carbonyl (C=O) groups is 1. The van der Waals surface area contributed by atoms with Crippen LogP contribution in [0.5, 0.6) is 5.75 Å². The zero-order valence-corrected chi connectivity index (χ0v) is 13.9. The first-order chi connectivity index (χ1) is 12.0. The van der Waals surface area contributed by atoms with Gasteiger partial charge in [-0.15, -0.1) is 0 Å². The maximum Gasteiger partial charge on any atom is 0.319 e. The molecule has 1 aliphatic heterocycles. The van der Waals surface area contributed by atoms with Gasteiger partial charge in [0, 0.05) is 26.2 Å². The van der Waals surface area contributed by atoms with E-state index in [4.69, 9.17) is 9.47 Å². The molecule has 1 heterocycles. The Morgan fingerprint density at radius 2 is 2.20 bits per heavy atom. The third-order valence-corrected chi connectivity index (χ3v) is 3.72. The number of nitrogens with zero attached hydrogens (tertiary/aromatic N) is 2. The Morgan fingerprint density at radius 1 is 1.48 bits per heavy atom. The number of hydrogen-bond donors (Lipinski definition) is 3. The Bertz CT molecular complexity index is 606. The molecule has 2 rings (SSSR count). The fraction of sp³-hybridized carbons (Fsp3) is 0.533. The molecule has 1 aliphatic rings. The highest BCUT2D eigenvalue weighted by molar-refractivity contribution is 5.92. The molecule has 2 amide bonds. The summed E-state index contributed by atoms with van der Waals surface area (Å²) in [6, 6.07) is 3.49. The van der Waals surface area contributed by atoms with Gasteiger partial charge >= 0.3 is 6.03 Å². The van der Waals surface area contributed by atoms with Crippen LogP contribution in [0.1, 0.15) is 0 Å². The number of β-amino-alcohol motifs (C(OH)–C–C–N with tert-alkyl or cyclic N) is 1. The molecule has 3 N–H and O–H groups in total. The highest BCUT2D eigenvalue weighted by Crippen LogP contribution is 2.28. The molecule has 0 radical (unpaired) electrons. The van der Waals surface area contributed by atoms with Crippen LogP contribution < -0.4 is 15.4 Å². The van der Waals surface area contributed by atoms with E-state index in [2.05, 4.69) is 10.6 Å². The molecule has 1 fully saturated rings. The summed E-state index contributed by atoms with van der Waals surface area (Å²) >= 11 is 0. The summed E-state index contributed by atoms with van der Waals surface area (Å²) in [4.78, 5) is 24.4. The van der Waals surface area contributed by atoms with Crippen LogP contribution in [-0.2, 0) is 4.74 Å². The molecule has 1 aromatic rings. The lowest BCUT2D eigenvalue weighted by Gasteiger charge is -2.28. The topological polar surface area (TPSA) is 126 Å². The second-order valence-electron chi connectivity index (χ2n) is 5.54. The molecule has 0 spiro atoms. The van der Waals surface area contributed by atoms with E-state index in [0.29, 0.717) is 25.5 Å². The van der Waals surface area contributed by atoms with Crippen LogP contribution in [-0.4, -0.2) is 73.6 Å². The van der Waals surface area contributed by atoms with Gasteiger partial charge in [-0.3, -0.25) is 15.0 Å². The second kappa shape index (κ2) is 9.16. The number of hydrogen-bond acceptors (Lipinski definition) is 7. The van der Waals surface area contributed by atoms with E-state index in [9.17, 15) is 20.0 Å². The molecule has 0 aromatic heterocycles. The maximum atomic E-state index is 11.9. The zero-order valence-electron chi connectivity index (χ0n) is 13.9. The molecule has 10 heteroatoms. The lowest BCUT2D eigenvalue weighted by molar-refractivity contribution is -0.384. The smallest absolute Gasteiger partial charge is 0.319 e. The van der Waals surface area contributed by atoms with Crippen LogP contribution in [0.25, 0.3) is 0 Å². The number of urea groups is 1. The molecule has 0 saturated carbocycles. The quantitative estimate of drug-likeness (QED) is 0.478. The van der Waals surface area contributed by atoms with Crippen molar-refractivity contribution >= 4 is 17.4 Å². The minimum absolute atomic E-state index is 0.0349. The van der Waals surface area contributed by atoms with E-state index in [0.717, 1.165) is 13.1 Å². The number of benzene rings is 1. The number of nitro groups is 1. The van der Waals surface area contributed by atoms with Crippen molar-refractivity contribution < 1.29 is 24.3 Å². The number of carbonyl (C=O) groups excluding carboxylic acids is 1. The normalized spacial score (nSPS) is 16.1. The Balaban J connectivity index is 1.84. The number of methoxy groups -OCH3 is 1. The Labute approximate surface area is 144 Å². The molecular weight excluding hydrogens is 332 g/mol. The highest BCUT2D eigenvalue weighted by Gasteiger charge is 2.18. The Morgan fingerprint density at radius 3 is 2.84 bits per heavy atom. The van der Waals surface area contributed by atoms with Crippen molar-refractivity contribution in [3.05, 3.63) is 28.3 Å². The van der Waals surface area contributed by atoms with Crippen molar-refractivity contribution in [3.63, 3.8) is 0 Å². The van der Waals surface area contributed by atoms with Crippen molar-refractivity contribution in [2.75, 3.05) is 51.8 Å². The number of anilines is 1. The minimum Gasteiger partial charge on any atom is -0.496 e. The number of rotatable bonds is 7. The molecule has 138 valence electrons. The van der Waals surface area contributed by atoms with Crippen LogP contribution >= 0.6 is 0 Å². The summed E-state index contributed by atoms with van der Waals surface area (Å²) in [6.07, 6.45) is -0.741. The van der Waals surface area contributed by atoms with Crippen LogP contribution in [0.15, 0.2) is 18.2 Å². The van der Waals surface area contributed by atoms with E-state index in [1.165, 1.54) is 25.3 Å². The van der Waals surface area contributed by atoms with Gasteiger partial charge in [-0.1, -0.05) is 0 Å². The largest absolute Gasteiger partial charge is 0.496 e. The van der Waals surface area contributed by atoms with E-state index in [-0.39, 0.29) is 17.9 Å². The van der Waals surface area contributed by atoms with Crippen molar-refractivity contribution in [1.82, 2.24) is 10.2 Å². The minimum atomic E-state index is -0.741. The number of amides is 2. The fourth-order valence-corrected chi connectivity index (χ4v) is 2.42. The summed E-state index contributed by atoms with van der Waals surface area (Å²) in [7, 11) is 1.40. The predicted octanol–water partition coefficient (Wildman–Crippen LogP) is 0.418. The first-order valence-corrected chi connectivity index (χ1v) is 7.85. The molecule has 1 aromatic carbocycles. The van der Waals surface area contributed by atoms with Crippen LogP contribution in [0.2, 0.25) is 0 Å². The SMILES string of the molecule is COc1ccc(NC(=O)NC[C@H](O)CN2CCOCC2)c([N+](=O)[O-])c1. The Kier molecular flexibility index (Phi) is 6.92. The molecule has 25 heavy (non-hydrogen) atoms. The van der Waals surface area contributed by atoms with Gasteiger partial charge < -0.3 is 25.2 Å². The summed E-state index contributed by atoms with van der Waals surface area (Å²) in [5, 5.41) is 26.0. The van der Waals surface area contributed by atoms with E-state index < -0.39 is 17.1 Å². The van der Waals surface area contributed by atoms with E-state index in [1.54, 1.807) is 0 Å². The average Bonchev–Trinajstić information content (AvgIpc) is 2.61. The summed E-state index contributed by atoms with van der Waals surface area (Å²) in [5.74, 6) is 0.318. The maximum absolute atomic E-state index is 11.9. The van der Waals surface area contributed by atoms with Crippen molar-refractivity contribution in [2.24, 2.45) is 0 Å². The third kappa shape index (κ3) is 5.85. The Hall–Kier alpha value is -2.43. The van der Waals surface area contributed by atoms with Gasteiger partial charge in [0.05, 0.1) is 37.4 Å². The number of nitrogens with one attached hydrogen (secondary N) is 2. The van der Waals surface area contributed by atoms with Crippen molar-refractivity contribution in [2.45, 2.75) is 6.10 Å². The van der Waals surface area contributed by atoms with Crippen molar-refractivity contribution in [3.8, 4) is 5.75 Å². The van der Waals surface area contributed by atoms with Gasteiger partial charge in [-0.05, 0) is 12.1 Å². The highest BCUT2D eigenvalue weighted by atomic mass is 16.6. The van der Waals surface area contributed by atoms with Gasteiger partial charge in [0.2, 0.25) is 0 Å². The first kappa shape index (κ1) is 18.9. The average molecular weight is 354 g/mol. The van der Waals surface area contributed by atoms with Crippen molar-refractivity contribution in [1.29, 1.82) is 0 Å². The summed E-state index contributed by atoms with van der Waals surface area (Å²) < 4.78 is 10.2. The third-order valence-electron chi connectivity index (χ3n) is 3.72. The molecular formula is C15H22N4O6. The van der Waals surface area contributed by atoms with Gasteiger partial charge in [-0.25, -0.2) is 4.79 Å². The lowest BCUT2D eigenvalue weighted by atomic mass is 10.2. The van der Waals surface area contributed by atoms with Crippen LogP contribution in [0.3, 0.4) is 0 Å². The molecule has 0 bridgehead atoms. The summed E-state index contributed by atoms with van der Waals surface area (Å²) in [5.41, 5.74) is -0.227. The number of nitro benzene ring substituents is 1. The lowest BCUT2D eigenvalue weighted by Crippen LogP contribution is -2.45. The molecule has 1 atom stereocenters. The van der Waals surface area contributed by atoms with Crippen LogP contribution in [0.4, 0.5) is 16.2 Å². The monoisotopic (exact) mass is 354 g/mol.